The zero-order valence-corrected chi connectivity index (χ0v) is 12.5. The fraction of sp³-hybridized carbons (Fsp3) is 0.267. The summed E-state index contributed by atoms with van der Waals surface area (Å²) in [6.07, 6.45) is 0. The number of nitrogens with zero attached hydrogens (tertiary/aromatic N) is 1. The molecule has 1 aromatic heterocycles. The number of hydrogen-bond donors (Lipinski definition) is 1. The van der Waals surface area contributed by atoms with Gasteiger partial charge in [-0.25, -0.2) is 9.89 Å². The molecule has 1 heterocycles. The van der Waals surface area contributed by atoms with Crippen molar-refractivity contribution in [3.05, 3.63) is 40.2 Å². The van der Waals surface area contributed by atoms with Gasteiger partial charge in [-0.3, -0.25) is 4.79 Å². The molecule has 0 aliphatic rings. The quantitative estimate of drug-likeness (QED) is 0.844. The van der Waals surface area contributed by atoms with Gasteiger partial charge in [-0.1, -0.05) is 0 Å². The molecule has 22 heavy (non-hydrogen) atoms. The van der Waals surface area contributed by atoms with Crippen LogP contribution in [0.25, 0.3) is 11.3 Å². The van der Waals surface area contributed by atoms with Crippen molar-refractivity contribution in [2.45, 2.75) is 6.92 Å². The van der Waals surface area contributed by atoms with Gasteiger partial charge in [0.1, 0.15) is 5.56 Å². The number of hydrogen-bond acceptors (Lipinski definition) is 6. The van der Waals surface area contributed by atoms with E-state index in [4.69, 9.17) is 14.2 Å². The van der Waals surface area contributed by atoms with Crippen LogP contribution in [0.4, 0.5) is 0 Å². The number of H-pyrrole nitrogens is 1. The first-order valence-corrected chi connectivity index (χ1v) is 6.60. The average molecular weight is 304 g/mol. The average Bonchev–Trinajstić information content (AvgIpc) is 2.54. The van der Waals surface area contributed by atoms with E-state index in [1.807, 2.05) is 0 Å². The fourth-order valence-electron chi connectivity index (χ4n) is 1.91. The Bertz CT molecular complexity index is 739. The van der Waals surface area contributed by atoms with Gasteiger partial charge in [0.25, 0.3) is 5.56 Å². The molecule has 0 saturated heterocycles. The molecular formula is C15H16N2O5. The van der Waals surface area contributed by atoms with Crippen LogP contribution in [0.5, 0.6) is 11.5 Å². The van der Waals surface area contributed by atoms with Crippen LogP contribution < -0.4 is 15.0 Å². The summed E-state index contributed by atoms with van der Waals surface area (Å²) < 4.78 is 15.2. The van der Waals surface area contributed by atoms with Gasteiger partial charge < -0.3 is 14.2 Å². The van der Waals surface area contributed by atoms with Gasteiger partial charge in [0, 0.05) is 5.56 Å². The topological polar surface area (TPSA) is 90.5 Å². The Kier molecular flexibility index (Phi) is 4.77. The van der Waals surface area contributed by atoms with E-state index in [1.165, 1.54) is 20.3 Å². The number of carbonyl (C=O) groups excluding carboxylic acids is 1. The summed E-state index contributed by atoms with van der Waals surface area (Å²) in [5, 5.41) is 6.23. The first-order valence-electron chi connectivity index (χ1n) is 6.60. The minimum atomic E-state index is -0.687. The van der Waals surface area contributed by atoms with Crippen molar-refractivity contribution in [3.8, 4) is 22.8 Å². The van der Waals surface area contributed by atoms with Gasteiger partial charge in [-0.15, -0.1) is 0 Å². The lowest BCUT2D eigenvalue weighted by Crippen LogP contribution is -2.21. The third kappa shape index (κ3) is 3.08. The van der Waals surface area contributed by atoms with E-state index in [0.29, 0.717) is 22.8 Å². The summed E-state index contributed by atoms with van der Waals surface area (Å²) in [6.45, 7) is 1.86. The van der Waals surface area contributed by atoms with Gasteiger partial charge in [-0.05, 0) is 31.2 Å². The number of esters is 1. The van der Waals surface area contributed by atoms with Crippen LogP contribution in [0.15, 0.2) is 29.1 Å². The molecule has 1 aromatic carbocycles. The minimum absolute atomic E-state index is 0.0957. The lowest BCUT2D eigenvalue weighted by molar-refractivity contribution is 0.0524. The maximum Gasteiger partial charge on any atom is 0.343 e. The second-order valence-electron chi connectivity index (χ2n) is 4.29. The lowest BCUT2D eigenvalue weighted by Gasteiger charge is -2.09. The number of nitrogens with one attached hydrogen (secondary N) is 1. The standard InChI is InChI=1S/C15H16N2O5/c1-4-22-15(19)10-8-11(16-17-14(10)18)9-5-6-12(20-2)13(7-9)21-3/h5-8H,4H2,1-3H3,(H,17,18). The number of aromatic nitrogens is 2. The molecule has 0 spiro atoms. The molecule has 2 rings (SSSR count). The molecule has 7 heteroatoms. The molecule has 116 valence electrons. The molecule has 0 radical (unpaired) electrons. The Morgan fingerprint density at radius 2 is 1.91 bits per heavy atom. The van der Waals surface area contributed by atoms with E-state index in [9.17, 15) is 9.59 Å². The summed E-state index contributed by atoms with van der Waals surface area (Å²) in [6, 6.07) is 6.55. The van der Waals surface area contributed by atoms with Crippen LogP contribution in [0.2, 0.25) is 0 Å². The normalized spacial score (nSPS) is 10.1. The molecule has 7 nitrogen and oxygen atoms in total. The van der Waals surface area contributed by atoms with E-state index in [1.54, 1.807) is 25.1 Å². The highest BCUT2D eigenvalue weighted by atomic mass is 16.5. The first-order chi connectivity index (χ1) is 10.6. The Labute approximate surface area is 126 Å². The van der Waals surface area contributed by atoms with E-state index < -0.39 is 11.5 Å². The Hall–Kier alpha value is -2.83. The van der Waals surface area contributed by atoms with Crippen molar-refractivity contribution in [1.29, 1.82) is 0 Å². The highest BCUT2D eigenvalue weighted by Gasteiger charge is 2.15. The van der Waals surface area contributed by atoms with Crippen molar-refractivity contribution in [3.63, 3.8) is 0 Å². The smallest absolute Gasteiger partial charge is 0.343 e. The molecule has 0 amide bonds. The van der Waals surface area contributed by atoms with Gasteiger partial charge >= 0.3 is 5.97 Å². The maximum absolute atomic E-state index is 11.8. The van der Waals surface area contributed by atoms with Crippen LogP contribution >= 0.6 is 0 Å². The second kappa shape index (κ2) is 6.75. The number of ether oxygens (including phenoxy) is 3. The van der Waals surface area contributed by atoms with Crippen molar-refractivity contribution >= 4 is 5.97 Å². The van der Waals surface area contributed by atoms with Crippen molar-refractivity contribution in [2.24, 2.45) is 0 Å². The van der Waals surface area contributed by atoms with Crippen LogP contribution in [0.1, 0.15) is 17.3 Å². The highest BCUT2D eigenvalue weighted by Crippen LogP contribution is 2.31. The Morgan fingerprint density at radius 3 is 2.55 bits per heavy atom. The summed E-state index contributed by atoms with van der Waals surface area (Å²) in [5.41, 5.74) is 0.396. The molecule has 0 aliphatic heterocycles. The van der Waals surface area contributed by atoms with E-state index in [-0.39, 0.29) is 12.2 Å². The van der Waals surface area contributed by atoms with Gasteiger partial charge in [-0.2, -0.15) is 5.10 Å². The number of methoxy groups -OCH3 is 2. The third-order valence-electron chi connectivity index (χ3n) is 2.98. The van der Waals surface area contributed by atoms with Gasteiger partial charge in [0.2, 0.25) is 0 Å². The first kappa shape index (κ1) is 15.6. The maximum atomic E-state index is 11.8. The molecular weight excluding hydrogens is 288 g/mol. The molecule has 2 aromatic rings. The lowest BCUT2D eigenvalue weighted by atomic mass is 10.1. The van der Waals surface area contributed by atoms with Crippen LogP contribution in [-0.4, -0.2) is 37.0 Å². The van der Waals surface area contributed by atoms with Crippen molar-refractivity contribution < 1.29 is 19.0 Å². The summed E-state index contributed by atoms with van der Waals surface area (Å²) in [4.78, 5) is 23.4. The fourth-order valence-corrected chi connectivity index (χ4v) is 1.91. The predicted octanol–water partition coefficient (Wildman–Crippen LogP) is 1.63. The van der Waals surface area contributed by atoms with E-state index >= 15 is 0 Å². The predicted molar refractivity (Wildman–Crippen MR) is 79.4 cm³/mol. The van der Waals surface area contributed by atoms with Gasteiger partial charge in [0.05, 0.1) is 26.5 Å². The number of benzene rings is 1. The molecule has 0 bridgehead atoms. The van der Waals surface area contributed by atoms with Crippen LogP contribution in [0, 0.1) is 0 Å². The molecule has 0 saturated carbocycles. The molecule has 0 atom stereocenters. The molecule has 0 unspecified atom stereocenters. The number of rotatable bonds is 5. The number of aromatic amines is 1. The van der Waals surface area contributed by atoms with Crippen LogP contribution in [-0.2, 0) is 4.74 Å². The number of carbonyl (C=O) groups is 1. The van der Waals surface area contributed by atoms with E-state index in [2.05, 4.69) is 10.2 Å². The Morgan fingerprint density at radius 1 is 1.18 bits per heavy atom. The zero-order chi connectivity index (χ0) is 16.1. The summed E-state index contributed by atoms with van der Waals surface area (Å²) in [5.74, 6) is 0.403. The van der Waals surface area contributed by atoms with Gasteiger partial charge in [0.15, 0.2) is 11.5 Å². The highest BCUT2D eigenvalue weighted by molar-refractivity contribution is 5.90. The Balaban J connectivity index is 2.47. The van der Waals surface area contributed by atoms with E-state index in [0.717, 1.165) is 0 Å². The minimum Gasteiger partial charge on any atom is -0.493 e. The van der Waals surface area contributed by atoms with Crippen molar-refractivity contribution in [2.75, 3.05) is 20.8 Å². The largest absolute Gasteiger partial charge is 0.493 e. The summed E-state index contributed by atoms with van der Waals surface area (Å²) >= 11 is 0. The SMILES string of the molecule is CCOC(=O)c1cc(-c2ccc(OC)c(OC)c2)n[nH]c1=O. The summed E-state index contributed by atoms with van der Waals surface area (Å²) in [7, 11) is 3.06. The van der Waals surface area contributed by atoms with Crippen molar-refractivity contribution in [1.82, 2.24) is 10.2 Å². The molecule has 0 fully saturated rings. The zero-order valence-electron chi connectivity index (χ0n) is 12.5. The molecule has 0 aliphatic carbocycles. The molecule has 1 N–H and O–H groups in total. The third-order valence-corrected chi connectivity index (χ3v) is 2.98. The second-order valence-corrected chi connectivity index (χ2v) is 4.29. The monoisotopic (exact) mass is 304 g/mol. The van der Waals surface area contributed by atoms with Crippen LogP contribution in [0.3, 0.4) is 0 Å².